The zero-order chi connectivity index (χ0) is 53.7. The van der Waals surface area contributed by atoms with E-state index in [9.17, 15) is 0 Å². The topological polar surface area (TPSA) is 11.4 Å². The second kappa shape index (κ2) is 17.2. The number of anilines is 6. The van der Waals surface area contributed by atoms with Crippen molar-refractivity contribution in [2.45, 2.75) is 125 Å². The third-order valence-electron chi connectivity index (χ3n) is 18.0. The van der Waals surface area contributed by atoms with Crippen LogP contribution < -0.4 is 26.2 Å². The van der Waals surface area contributed by atoms with Crippen LogP contribution >= 0.6 is 0 Å². The molecule has 9 aromatic carbocycles. The van der Waals surface area contributed by atoms with Crippen molar-refractivity contribution in [3.05, 3.63) is 215 Å². The number of hydrogen-bond donors (Lipinski definition) is 0. The average molecular weight is 1000 g/mol. The Morgan fingerprint density at radius 2 is 0.896 bits per heavy atom. The lowest BCUT2D eigenvalue weighted by Gasteiger charge is -2.47. The zero-order valence-corrected chi connectivity index (χ0v) is 47.6. The summed E-state index contributed by atoms with van der Waals surface area (Å²) in [6, 6.07) is 68.9. The fourth-order valence-corrected chi connectivity index (χ4v) is 14.1. The minimum atomic E-state index is -0.273. The minimum Gasteiger partial charge on any atom is -0.311 e. The number of hydrogen-bond acceptors (Lipinski definition) is 2. The van der Waals surface area contributed by atoms with E-state index in [0.717, 1.165) is 18.5 Å². The summed E-state index contributed by atoms with van der Waals surface area (Å²) in [5.74, 6) is 0. The Hall–Kier alpha value is -7.56. The highest BCUT2D eigenvalue weighted by atomic mass is 15.2. The number of nitrogens with zero attached hydrogens (tertiary/aromatic N) is 3. The van der Waals surface area contributed by atoms with Crippen LogP contribution in [0.15, 0.2) is 176 Å². The number of benzene rings is 9. The standard InChI is InChI=1S/C73H72BN3/c1-14-73(15-2)57-25-19-16-24-56(57)66-62(77-59-26-20-17-22-54(59)55-23-18-21-27-60(55)77)44-65-69(67(66)73)74-58-43-51(72(11,12)13)32-37-61(58)75(52-33-28-49(29-34-52)70(5,6)7)63-41-48(47-39-45(3)38-46(4)40-47)42-64(68(63)74)76(65)53-35-30-50(31-36-53)71(8,9)10/h16-44H,14-15H2,1-13H3. The van der Waals surface area contributed by atoms with Crippen LogP contribution in [0.1, 0.15) is 128 Å². The van der Waals surface area contributed by atoms with Crippen molar-refractivity contribution in [3.8, 4) is 27.9 Å². The maximum Gasteiger partial charge on any atom is 0.252 e. The fourth-order valence-electron chi connectivity index (χ4n) is 14.1. The van der Waals surface area contributed by atoms with Crippen molar-refractivity contribution in [3.63, 3.8) is 0 Å². The van der Waals surface area contributed by atoms with E-state index in [0.29, 0.717) is 0 Å². The van der Waals surface area contributed by atoms with E-state index in [-0.39, 0.29) is 28.4 Å². The molecule has 382 valence electrons. The maximum atomic E-state index is 2.69. The molecule has 0 N–H and O–H groups in total. The highest BCUT2D eigenvalue weighted by Gasteiger charge is 2.52. The van der Waals surface area contributed by atoms with Gasteiger partial charge in [0.25, 0.3) is 6.71 Å². The van der Waals surface area contributed by atoms with Gasteiger partial charge in [-0.3, -0.25) is 0 Å². The highest BCUT2D eigenvalue weighted by Crippen LogP contribution is 2.58. The van der Waals surface area contributed by atoms with E-state index < -0.39 is 0 Å². The Kier molecular flexibility index (Phi) is 11.0. The van der Waals surface area contributed by atoms with E-state index >= 15 is 0 Å². The number of aromatic nitrogens is 1. The molecule has 0 bridgehead atoms. The second-order valence-corrected chi connectivity index (χ2v) is 25.8. The van der Waals surface area contributed by atoms with Gasteiger partial charge in [0.15, 0.2) is 0 Å². The van der Waals surface area contributed by atoms with Gasteiger partial charge in [-0.05, 0) is 164 Å². The summed E-state index contributed by atoms with van der Waals surface area (Å²) in [6.07, 6.45) is 1.94. The van der Waals surface area contributed by atoms with Crippen molar-refractivity contribution >= 4 is 79.0 Å². The quantitative estimate of drug-likeness (QED) is 0.154. The van der Waals surface area contributed by atoms with Crippen LogP contribution in [0.2, 0.25) is 0 Å². The highest BCUT2D eigenvalue weighted by molar-refractivity contribution is 7.00. The van der Waals surface area contributed by atoms with Crippen LogP contribution in [0.25, 0.3) is 49.7 Å². The lowest BCUT2D eigenvalue weighted by atomic mass is 9.31. The molecule has 0 unspecified atom stereocenters. The molecule has 0 amide bonds. The lowest BCUT2D eigenvalue weighted by Crippen LogP contribution is -2.63. The van der Waals surface area contributed by atoms with Crippen molar-refractivity contribution in [2.24, 2.45) is 0 Å². The van der Waals surface area contributed by atoms with Gasteiger partial charge in [0.1, 0.15) is 0 Å². The Bertz CT molecular complexity index is 3960. The van der Waals surface area contributed by atoms with Gasteiger partial charge in [0.2, 0.25) is 0 Å². The molecule has 1 aromatic heterocycles. The van der Waals surface area contributed by atoms with Gasteiger partial charge in [-0.2, -0.15) is 0 Å². The first-order valence-corrected chi connectivity index (χ1v) is 28.3. The Morgan fingerprint density at radius 1 is 0.429 bits per heavy atom. The molecule has 0 spiro atoms. The first kappa shape index (κ1) is 49.0. The molecule has 2 aliphatic heterocycles. The molecule has 1 aliphatic carbocycles. The molecule has 3 nitrogen and oxygen atoms in total. The number of para-hydroxylation sites is 2. The van der Waals surface area contributed by atoms with Crippen LogP contribution in [0, 0.1) is 13.8 Å². The molecule has 0 saturated heterocycles. The molecule has 13 rings (SSSR count). The summed E-state index contributed by atoms with van der Waals surface area (Å²) < 4.78 is 2.62. The third kappa shape index (κ3) is 7.37. The van der Waals surface area contributed by atoms with E-state index in [1.165, 1.54) is 134 Å². The van der Waals surface area contributed by atoms with Gasteiger partial charge in [0.05, 0.1) is 16.7 Å². The predicted octanol–water partition coefficient (Wildman–Crippen LogP) is 18.1. The van der Waals surface area contributed by atoms with Crippen LogP contribution in [0.5, 0.6) is 0 Å². The summed E-state index contributed by atoms with van der Waals surface area (Å²) in [5.41, 5.74) is 29.3. The van der Waals surface area contributed by atoms with E-state index in [2.05, 4.69) is 280 Å². The summed E-state index contributed by atoms with van der Waals surface area (Å²) in [6.45, 7) is 30.3. The predicted molar refractivity (Wildman–Crippen MR) is 333 cm³/mol. The molecule has 0 fully saturated rings. The molecule has 3 aliphatic rings. The van der Waals surface area contributed by atoms with Gasteiger partial charge in [-0.1, -0.05) is 203 Å². The SMILES string of the molecule is CCC1(CC)c2ccccc2-c2c(-n3c4ccccc4c4ccccc43)cc3c(c21)B1c2cc(C(C)(C)C)ccc2N(c2ccc(C(C)(C)C)cc2)c2cc(-c4cc(C)cc(C)c4)cc(c21)N3c1ccc(C(C)(C)C)cc1. The summed E-state index contributed by atoms with van der Waals surface area (Å²) >= 11 is 0. The lowest BCUT2D eigenvalue weighted by molar-refractivity contribution is 0.493. The van der Waals surface area contributed by atoms with E-state index in [1.54, 1.807) is 0 Å². The minimum absolute atomic E-state index is 0.0127. The molecular formula is C73H72BN3. The molecule has 0 saturated carbocycles. The molecular weight excluding hydrogens is 930 g/mol. The first-order valence-electron chi connectivity index (χ1n) is 28.3. The molecule has 0 atom stereocenters. The molecule has 0 radical (unpaired) electrons. The van der Waals surface area contributed by atoms with Crippen molar-refractivity contribution in [2.75, 3.05) is 9.80 Å². The van der Waals surface area contributed by atoms with Crippen molar-refractivity contribution in [1.29, 1.82) is 0 Å². The van der Waals surface area contributed by atoms with Crippen LogP contribution in [0.4, 0.5) is 34.1 Å². The van der Waals surface area contributed by atoms with Crippen LogP contribution in [-0.4, -0.2) is 11.3 Å². The maximum absolute atomic E-state index is 2.69. The van der Waals surface area contributed by atoms with Crippen LogP contribution in [0.3, 0.4) is 0 Å². The molecule has 4 heteroatoms. The second-order valence-electron chi connectivity index (χ2n) is 25.8. The number of fused-ring (bicyclic) bond motifs is 11. The van der Waals surface area contributed by atoms with E-state index in [1.807, 2.05) is 0 Å². The third-order valence-corrected chi connectivity index (χ3v) is 18.0. The van der Waals surface area contributed by atoms with E-state index in [4.69, 9.17) is 0 Å². The van der Waals surface area contributed by atoms with Gasteiger partial charge in [-0.25, -0.2) is 0 Å². The van der Waals surface area contributed by atoms with Crippen molar-refractivity contribution in [1.82, 2.24) is 4.57 Å². The summed E-state index contributed by atoms with van der Waals surface area (Å²) in [5, 5.41) is 2.54. The summed E-state index contributed by atoms with van der Waals surface area (Å²) in [7, 11) is 0. The zero-order valence-electron chi connectivity index (χ0n) is 47.6. The van der Waals surface area contributed by atoms with Gasteiger partial charge >= 0.3 is 0 Å². The smallest absolute Gasteiger partial charge is 0.252 e. The Morgan fingerprint density at radius 3 is 1.43 bits per heavy atom. The van der Waals surface area contributed by atoms with Crippen molar-refractivity contribution < 1.29 is 0 Å². The Labute approximate surface area is 458 Å². The van der Waals surface area contributed by atoms with Gasteiger partial charge in [0, 0.05) is 55.9 Å². The van der Waals surface area contributed by atoms with Crippen LogP contribution in [-0.2, 0) is 21.7 Å². The largest absolute Gasteiger partial charge is 0.311 e. The molecule has 3 heterocycles. The number of rotatable bonds is 6. The summed E-state index contributed by atoms with van der Waals surface area (Å²) in [4.78, 5) is 5.31. The molecule has 77 heavy (non-hydrogen) atoms. The number of aryl methyl sites for hydroxylation is 2. The normalized spacial score (nSPS) is 14.4. The van der Waals surface area contributed by atoms with Gasteiger partial charge in [-0.15, -0.1) is 0 Å². The average Bonchev–Trinajstić information content (AvgIpc) is 3.59. The van der Waals surface area contributed by atoms with Gasteiger partial charge < -0.3 is 14.4 Å². The fraction of sp³-hybridized carbons (Fsp3) is 0.260. The monoisotopic (exact) mass is 1000 g/mol. The Balaban J connectivity index is 1.25. The first-order chi connectivity index (χ1) is 36.8. The molecule has 10 aromatic rings.